The van der Waals surface area contributed by atoms with Gasteiger partial charge < -0.3 is 15.6 Å². The van der Waals surface area contributed by atoms with Crippen LogP contribution in [0.3, 0.4) is 0 Å². The Hall–Kier alpha value is -2.83. The molecule has 0 fully saturated rings. The van der Waals surface area contributed by atoms with E-state index in [0.717, 1.165) is 5.56 Å². The minimum Gasteiger partial charge on any atom is -0.492 e. The summed E-state index contributed by atoms with van der Waals surface area (Å²) in [5.74, 6) is -1.99. The van der Waals surface area contributed by atoms with Crippen molar-refractivity contribution in [2.45, 2.75) is 6.61 Å². The van der Waals surface area contributed by atoms with E-state index in [-0.39, 0.29) is 12.6 Å². The van der Waals surface area contributed by atoms with Crippen molar-refractivity contribution < 1.29 is 14.6 Å². The number of H-pyrrole nitrogens is 1. The van der Waals surface area contributed by atoms with E-state index in [9.17, 15) is 14.7 Å². The number of hydrogen-bond acceptors (Lipinski definition) is 6. The molecule has 0 saturated carbocycles. The van der Waals surface area contributed by atoms with Gasteiger partial charge in [0.05, 0.1) is 0 Å². The summed E-state index contributed by atoms with van der Waals surface area (Å²) < 4.78 is 4.92. The van der Waals surface area contributed by atoms with E-state index in [1.54, 1.807) is 24.3 Å². The highest BCUT2D eigenvalue weighted by Crippen LogP contribution is 2.11. The Balaban J connectivity index is 2.15. The maximum Gasteiger partial charge on any atom is 0.349 e. The van der Waals surface area contributed by atoms with Crippen LogP contribution < -0.4 is 11.3 Å². The van der Waals surface area contributed by atoms with Crippen molar-refractivity contribution in [2.75, 3.05) is 5.73 Å². The first-order valence-corrected chi connectivity index (χ1v) is 5.37. The predicted molar refractivity (Wildman–Crippen MR) is 66.5 cm³/mol. The quantitative estimate of drug-likeness (QED) is 0.689. The highest BCUT2D eigenvalue weighted by molar-refractivity contribution is 5.91. The minimum absolute atomic E-state index is 0.0110. The number of aromatic amines is 1. The average Bonchev–Trinajstić information content (AvgIpc) is 2.36. The molecule has 1 aromatic carbocycles. The summed E-state index contributed by atoms with van der Waals surface area (Å²) in [6.07, 6.45) is 0. The second-order valence-corrected chi connectivity index (χ2v) is 3.71. The summed E-state index contributed by atoms with van der Waals surface area (Å²) in [7, 11) is 0. The molecule has 0 aliphatic heterocycles. The number of carbonyl (C=O) groups excluding carboxylic acids is 1. The first kappa shape index (κ1) is 12.6. The molecule has 19 heavy (non-hydrogen) atoms. The predicted octanol–water partition coefficient (Wildman–Crippen LogP) is 0.415. The summed E-state index contributed by atoms with van der Waals surface area (Å²) in [6.45, 7) is -0.0110. The first-order valence-electron chi connectivity index (χ1n) is 5.37. The Bertz CT molecular complexity index is 652. The van der Waals surface area contributed by atoms with Crippen LogP contribution >= 0.6 is 0 Å². The molecule has 0 amide bonds. The second kappa shape index (κ2) is 5.21. The van der Waals surface area contributed by atoms with Crippen LogP contribution in [-0.4, -0.2) is 21.0 Å². The molecule has 0 radical (unpaired) electrons. The number of carbonyl (C=O) groups is 1. The van der Waals surface area contributed by atoms with Crippen molar-refractivity contribution in [2.24, 2.45) is 0 Å². The fourth-order valence-electron chi connectivity index (χ4n) is 1.46. The highest BCUT2D eigenvalue weighted by atomic mass is 16.5. The number of hydrogen-bond donors (Lipinski definition) is 3. The number of nitrogens with two attached hydrogens (primary N) is 1. The molecular weight excluding hydrogens is 250 g/mol. The SMILES string of the molecule is Nc1nc(O)c(C(=O)OCc2ccccc2)c(=O)[nH]1. The molecule has 0 unspecified atom stereocenters. The number of aromatic nitrogens is 2. The molecule has 7 nitrogen and oxygen atoms in total. The zero-order valence-corrected chi connectivity index (χ0v) is 9.79. The van der Waals surface area contributed by atoms with Crippen LogP contribution in [0.2, 0.25) is 0 Å². The van der Waals surface area contributed by atoms with Crippen molar-refractivity contribution in [3.05, 3.63) is 51.8 Å². The zero-order valence-electron chi connectivity index (χ0n) is 9.79. The molecule has 1 aromatic heterocycles. The molecule has 98 valence electrons. The highest BCUT2D eigenvalue weighted by Gasteiger charge is 2.19. The Kier molecular flexibility index (Phi) is 3.46. The molecule has 0 bridgehead atoms. The lowest BCUT2D eigenvalue weighted by Crippen LogP contribution is -2.22. The molecule has 0 saturated heterocycles. The van der Waals surface area contributed by atoms with Gasteiger partial charge in [0.25, 0.3) is 5.56 Å². The lowest BCUT2D eigenvalue weighted by Gasteiger charge is -2.05. The third kappa shape index (κ3) is 2.89. The van der Waals surface area contributed by atoms with Crippen molar-refractivity contribution in [3.8, 4) is 5.88 Å². The number of nitrogen functional groups attached to an aromatic ring is 1. The van der Waals surface area contributed by atoms with Crippen molar-refractivity contribution in [1.29, 1.82) is 0 Å². The zero-order chi connectivity index (χ0) is 13.8. The van der Waals surface area contributed by atoms with Crippen molar-refractivity contribution >= 4 is 11.9 Å². The summed E-state index contributed by atoms with van der Waals surface area (Å²) in [6, 6.07) is 8.93. The molecule has 2 rings (SSSR count). The smallest absolute Gasteiger partial charge is 0.349 e. The van der Waals surface area contributed by atoms with E-state index in [0.29, 0.717) is 0 Å². The third-order valence-electron chi connectivity index (χ3n) is 2.34. The van der Waals surface area contributed by atoms with Crippen LogP contribution in [0.5, 0.6) is 5.88 Å². The summed E-state index contributed by atoms with van der Waals surface area (Å²) >= 11 is 0. The van der Waals surface area contributed by atoms with E-state index in [4.69, 9.17) is 10.5 Å². The topological polar surface area (TPSA) is 118 Å². The van der Waals surface area contributed by atoms with Crippen LogP contribution in [-0.2, 0) is 11.3 Å². The molecule has 7 heteroatoms. The van der Waals surface area contributed by atoms with E-state index in [2.05, 4.69) is 9.97 Å². The van der Waals surface area contributed by atoms with Gasteiger partial charge in [0, 0.05) is 0 Å². The molecule has 2 aromatic rings. The van der Waals surface area contributed by atoms with Gasteiger partial charge in [0.15, 0.2) is 5.56 Å². The van der Waals surface area contributed by atoms with E-state index in [1.165, 1.54) is 0 Å². The fraction of sp³-hybridized carbons (Fsp3) is 0.0833. The maximum atomic E-state index is 11.7. The molecule has 4 N–H and O–H groups in total. The fourth-order valence-corrected chi connectivity index (χ4v) is 1.46. The van der Waals surface area contributed by atoms with Gasteiger partial charge in [-0.05, 0) is 5.56 Å². The molecule has 1 heterocycles. The first-order chi connectivity index (χ1) is 9.08. The number of ether oxygens (including phenoxy) is 1. The average molecular weight is 261 g/mol. The Labute approximate surface area is 107 Å². The normalized spacial score (nSPS) is 10.1. The Morgan fingerprint density at radius 3 is 2.68 bits per heavy atom. The standard InChI is InChI=1S/C12H11N3O4/c13-12-14-9(16)8(10(17)15-12)11(18)19-6-7-4-2-1-3-5-7/h1-5H,6H2,(H4,13,14,15,16,17). The van der Waals surface area contributed by atoms with Gasteiger partial charge in [-0.2, -0.15) is 4.98 Å². The van der Waals surface area contributed by atoms with Gasteiger partial charge in [-0.3, -0.25) is 9.78 Å². The number of aromatic hydroxyl groups is 1. The molecule has 0 aliphatic carbocycles. The summed E-state index contributed by atoms with van der Waals surface area (Å²) in [5.41, 5.74) is 4.57. The molecular formula is C12H11N3O4. The second-order valence-electron chi connectivity index (χ2n) is 3.71. The van der Waals surface area contributed by atoms with Crippen LogP contribution in [0, 0.1) is 0 Å². The Morgan fingerprint density at radius 2 is 2.05 bits per heavy atom. The monoisotopic (exact) mass is 261 g/mol. The Morgan fingerprint density at radius 1 is 1.37 bits per heavy atom. The van der Waals surface area contributed by atoms with E-state index in [1.807, 2.05) is 6.07 Å². The molecule has 0 spiro atoms. The van der Waals surface area contributed by atoms with Crippen LogP contribution in [0.1, 0.15) is 15.9 Å². The largest absolute Gasteiger partial charge is 0.492 e. The van der Waals surface area contributed by atoms with Gasteiger partial charge >= 0.3 is 5.97 Å². The molecule has 0 atom stereocenters. The number of nitrogens with zero attached hydrogens (tertiary/aromatic N) is 1. The lowest BCUT2D eigenvalue weighted by atomic mass is 10.2. The number of esters is 1. The number of nitrogens with one attached hydrogen (secondary N) is 1. The van der Waals surface area contributed by atoms with Gasteiger partial charge in [0.1, 0.15) is 6.61 Å². The van der Waals surface area contributed by atoms with E-state index >= 15 is 0 Å². The van der Waals surface area contributed by atoms with Gasteiger partial charge in [-0.25, -0.2) is 4.79 Å². The molecule has 0 aliphatic rings. The third-order valence-corrected chi connectivity index (χ3v) is 2.34. The minimum atomic E-state index is -0.963. The number of anilines is 1. The van der Waals surface area contributed by atoms with Crippen molar-refractivity contribution in [1.82, 2.24) is 9.97 Å². The summed E-state index contributed by atoms with van der Waals surface area (Å²) in [4.78, 5) is 28.7. The van der Waals surface area contributed by atoms with Gasteiger partial charge in [-0.1, -0.05) is 30.3 Å². The van der Waals surface area contributed by atoms with Crippen LogP contribution in [0.15, 0.2) is 35.1 Å². The number of rotatable bonds is 3. The number of benzene rings is 1. The lowest BCUT2D eigenvalue weighted by molar-refractivity contribution is 0.0466. The van der Waals surface area contributed by atoms with Gasteiger partial charge in [-0.15, -0.1) is 0 Å². The maximum absolute atomic E-state index is 11.7. The van der Waals surface area contributed by atoms with Crippen LogP contribution in [0.25, 0.3) is 0 Å². The van der Waals surface area contributed by atoms with E-state index < -0.39 is 23.0 Å². The van der Waals surface area contributed by atoms with Crippen molar-refractivity contribution in [3.63, 3.8) is 0 Å². The van der Waals surface area contributed by atoms with Crippen LogP contribution in [0.4, 0.5) is 5.95 Å². The summed E-state index contributed by atoms with van der Waals surface area (Å²) in [5, 5.41) is 9.43. The van der Waals surface area contributed by atoms with Gasteiger partial charge in [0.2, 0.25) is 11.8 Å².